The summed E-state index contributed by atoms with van der Waals surface area (Å²) in [6.07, 6.45) is 3.05. The normalized spacial score (nSPS) is 14.7. The first-order chi connectivity index (χ1) is 13.7. The largest absolute Gasteiger partial charge is 0.444 e. The molecule has 0 unspecified atom stereocenters. The predicted octanol–water partition coefficient (Wildman–Crippen LogP) is 3.74. The lowest BCUT2D eigenvalue weighted by Gasteiger charge is -2.34. The molecule has 2 aromatic carbocycles. The smallest absolute Gasteiger partial charge is 0.323 e. The Kier molecular flexibility index (Phi) is 5.25. The van der Waals surface area contributed by atoms with E-state index in [0.717, 1.165) is 37.4 Å². The zero-order valence-electron chi connectivity index (χ0n) is 15.8. The van der Waals surface area contributed by atoms with E-state index in [1.54, 1.807) is 6.20 Å². The summed E-state index contributed by atoms with van der Waals surface area (Å²) in [6.45, 7) is 4.18. The Hall–Kier alpha value is -3.32. The zero-order valence-corrected chi connectivity index (χ0v) is 15.8. The molecular weight excluding hydrogens is 354 g/mol. The van der Waals surface area contributed by atoms with Crippen molar-refractivity contribution in [2.75, 3.05) is 48.8 Å². The van der Waals surface area contributed by atoms with Crippen LogP contribution in [0.4, 0.5) is 21.9 Å². The summed E-state index contributed by atoms with van der Waals surface area (Å²) in [5.74, 6) is 0.691. The first-order valence-corrected chi connectivity index (χ1v) is 9.28. The van der Waals surface area contributed by atoms with Crippen molar-refractivity contribution in [2.24, 2.45) is 0 Å². The van der Waals surface area contributed by atoms with Gasteiger partial charge in [-0.2, -0.15) is 0 Å². The van der Waals surface area contributed by atoms with Crippen molar-refractivity contribution in [3.05, 3.63) is 61.1 Å². The molecule has 0 saturated carbocycles. The third-order valence-electron chi connectivity index (χ3n) is 4.85. The fourth-order valence-corrected chi connectivity index (χ4v) is 3.19. The molecule has 7 heteroatoms. The molecule has 2 heterocycles. The number of hydrogen-bond donors (Lipinski definition) is 2. The summed E-state index contributed by atoms with van der Waals surface area (Å²) in [5, 5.41) is 5.70. The molecule has 3 aromatic rings. The van der Waals surface area contributed by atoms with Crippen LogP contribution in [0.15, 0.2) is 65.5 Å². The van der Waals surface area contributed by atoms with Crippen molar-refractivity contribution in [1.29, 1.82) is 0 Å². The fraction of sp³-hybridized carbons (Fsp3) is 0.238. The SMILES string of the molecule is CN1CCN(c2ccc(NC(=O)Nc3ccc(-c4cnco4)cc3)cc2)CC1. The Bertz CT molecular complexity index is 899. The number of hydrogen-bond acceptors (Lipinski definition) is 5. The number of rotatable bonds is 4. The van der Waals surface area contributed by atoms with E-state index in [4.69, 9.17) is 4.42 Å². The van der Waals surface area contributed by atoms with E-state index in [0.29, 0.717) is 11.4 Å². The minimum atomic E-state index is -0.278. The van der Waals surface area contributed by atoms with Crippen molar-refractivity contribution in [1.82, 2.24) is 9.88 Å². The van der Waals surface area contributed by atoms with Gasteiger partial charge in [-0.3, -0.25) is 0 Å². The molecule has 1 aliphatic heterocycles. The molecule has 1 saturated heterocycles. The summed E-state index contributed by atoms with van der Waals surface area (Å²) in [6, 6.07) is 15.1. The van der Waals surface area contributed by atoms with Crippen molar-refractivity contribution < 1.29 is 9.21 Å². The van der Waals surface area contributed by atoms with Crippen molar-refractivity contribution in [3.63, 3.8) is 0 Å². The van der Waals surface area contributed by atoms with Gasteiger partial charge in [-0.1, -0.05) is 0 Å². The molecule has 1 aromatic heterocycles. The summed E-state index contributed by atoms with van der Waals surface area (Å²) in [4.78, 5) is 20.8. The first kappa shape index (κ1) is 18.1. The second-order valence-electron chi connectivity index (χ2n) is 6.86. The summed E-state index contributed by atoms with van der Waals surface area (Å²) in [7, 11) is 2.14. The van der Waals surface area contributed by atoms with E-state index in [9.17, 15) is 4.79 Å². The Morgan fingerprint density at radius 3 is 2.11 bits per heavy atom. The van der Waals surface area contributed by atoms with Crippen LogP contribution in [-0.4, -0.2) is 49.1 Å². The van der Waals surface area contributed by atoms with Gasteiger partial charge in [0.15, 0.2) is 12.2 Å². The zero-order chi connectivity index (χ0) is 19.3. The molecule has 1 aliphatic rings. The number of carbonyl (C=O) groups excluding carboxylic acids is 1. The van der Waals surface area contributed by atoms with E-state index in [1.807, 2.05) is 48.5 Å². The van der Waals surface area contributed by atoms with Gasteiger partial charge < -0.3 is 24.9 Å². The number of oxazole rings is 1. The molecule has 0 atom stereocenters. The van der Waals surface area contributed by atoms with E-state index in [-0.39, 0.29) is 6.03 Å². The van der Waals surface area contributed by atoms with Crippen LogP contribution in [0.25, 0.3) is 11.3 Å². The number of anilines is 3. The Balaban J connectivity index is 1.32. The third-order valence-corrected chi connectivity index (χ3v) is 4.85. The lowest BCUT2D eigenvalue weighted by Crippen LogP contribution is -2.44. The van der Waals surface area contributed by atoms with Gasteiger partial charge in [0.1, 0.15) is 0 Å². The maximum absolute atomic E-state index is 12.3. The molecule has 4 rings (SSSR count). The van der Waals surface area contributed by atoms with E-state index in [2.05, 4.69) is 32.5 Å². The third kappa shape index (κ3) is 4.32. The molecule has 144 valence electrons. The molecule has 28 heavy (non-hydrogen) atoms. The lowest BCUT2D eigenvalue weighted by molar-refractivity contribution is 0.262. The summed E-state index contributed by atoms with van der Waals surface area (Å²) < 4.78 is 5.26. The number of piperazine rings is 1. The monoisotopic (exact) mass is 377 g/mol. The number of nitrogens with one attached hydrogen (secondary N) is 2. The summed E-state index contributed by atoms with van der Waals surface area (Å²) in [5.41, 5.74) is 3.55. The van der Waals surface area contributed by atoms with Crippen molar-refractivity contribution in [2.45, 2.75) is 0 Å². The number of carbonyl (C=O) groups is 1. The van der Waals surface area contributed by atoms with Gasteiger partial charge in [-0.15, -0.1) is 0 Å². The number of nitrogens with zero attached hydrogens (tertiary/aromatic N) is 3. The highest BCUT2D eigenvalue weighted by Crippen LogP contribution is 2.22. The minimum Gasteiger partial charge on any atom is -0.444 e. The maximum atomic E-state index is 12.3. The lowest BCUT2D eigenvalue weighted by atomic mass is 10.2. The molecule has 2 N–H and O–H groups in total. The van der Waals surface area contributed by atoms with Gasteiger partial charge in [-0.25, -0.2) is 9.78 Å². The second kappa shape index (κ2) is 8.14. The Morgan fingerprint density at radius 2 is 1.54 bits per heavy atom. The van der Waals surface area contributed by atoms with E-state index in [1.165, 1.54) is 12.1 Å². The van der Waals surface area contributed by atoms with Crippen LogP contribution >= 0.6 is 0 Å². The van der Waals surface area contributed by atoms with Gasteiger partial charge >= 0.3 is 6.03 Å². The van der Waals surface area contributed by atoms with Crippen LogP contribution in [0.3, 0.4) is 0 Å². The van der Waals surface area contributed by atoms with Crippen molar-refractivity contribution >= 4 is 23.1 Å². The highest BCUT2D eigenvalue weighted by molar-refractivity contribution is 5.99. The standard InChI is InChI=1S/C21H23N5O2/c1-25-10-12-26(13-11-25)19-8-6-18(7-9-19)24-21(27)23-17-4-2-16(3-5-17)20-14-22-15-28-20/h2-9,14-15H,10-13H2,1H3,(H2,23,24,27). The van der Waals surface area contributed by atoms with Gasteiger partial charge in [-0.05, 0) is 55.6 Å². The van der Waals surface area contributed by atoms with Gasteiger partial charge in [0, 0.05) is 48.8 Å². The molecule has 7 nitrogen and oxygen atoms in total. The topological polar surface area (TPSA) is 73.6 Å². The van der Waals surface area contributed by atoms with Crippen LogP contribution in [0.2, 0.25) is 0 Å². The summed E-state index contributed by atoms with van der Waals surface area (Å²) >= 11 is 0. The molecule has 0 radical (unpaired) electrons. The highest BCUT2D eigenvalue weighted by atomic mass is 16.3. The average molecular weight is 377 g/mol. The molecule has 0 spiro atoms. The number of benzene rings is 2. The fourth-order valence-electron chi connectivity index (χ4n) is 3.19. The van der Waals surface area contributed by atoms with Crippen LogP contribution in [-0.2, 0) is 0 Å². The van der Waals surface area contributed by atoms with Crippen LogP contribution in [0, 0.1) is 0 Å². The number of aromatic nitrogens is 1. The quantitative estimate of drug-likeness (QED) is 0.725. The number of likely N-dealkylation sites (N-methyl/N-ethyl adjacent to an activating group) is 1. The molecule has 0 aliphatic carbocycles. The number of amides is 2. The second-order valence-corrected chi connectivity index (χ2v) is 6.86. The van der Waals surface area contributed by atoms with Gasteiger partial charge in [0.05, 0.1) is 6.20 Å². The van der Waals surface area contributed by atoms with Gasteiger partial charge in [0.2, 0.25) is 0 Å². The van der Waals surface area contributed by atoms with Crippen LogP contribution in [0.1, 0.15) is 0 Å². The average Bonchev–Trinajstić information content (AvgIpc) is 3.25. The maximum Gasteiger partial charge on any atom is 0.323 e. The molecular formula is C21H23N5O2. The predicted molar refractivity (Wildman–Crippen MR) is 111 cm³/mol. The van der Waals surface area contributed by atoms with Crippen LogP contribution < -0.4 is 15.5 Å². The number of urea groups is 1. The highest BCUT2D eigenvalue weighted by Gasteiger charge is 2.14. The van der Waals surface area contributed by atoms with Crippen LogP contribution in [0.5, 0.6) is 0 Å². The molecule has 0 bridgehead atoms. The molecule has 1 fully saturated rings. The van der Waals surface area contributed by atoms with E-state index < -0.39 is 0 Å². The van der Waals surface area contributed by atoms with Gasteiger partial charge in [0.25, 0.3) is 0 Å². The van der Waals surface area contributed by atoms with E-state index >= 15 is 0 Å². The molecule has 2 amide bonds. The Morgan fingerprint density at radius 1 is 0.929 bits per heavy atom. The van der Waals surface area contributed by atoms with Crippen molar-refractivity contribution in [3.8, 4) is 11.3 Å². The Labute approximate surface area is 164 Å². The first-order valence-electron chi connectivity index (χ1n) is 9.28. The minimum absolute atomic E-state index is 0.278.